The third-order valence-corrected chi connectivity index (χ3v) is 3.70. The van der Waals surface area contributed by atoms with Crippen LogP contribution in [0.3, 0.4) is 0 Å². The lowest BCUT2D eigenvalue weighted by Gasteiger charge is -2.17. The minimum absolute atomic E-state index is 0.181. The zero-order chi connectivity index (χ0) is 13.1. The summed E-state index contributed by atoms with van der Waals surface area (Å²) < 4.78 is 2.88. The second-order valence-electron chi connectivity index (χ2n) is 4.10. The molecule has 2 rings (SSSR count). The Bertz CT molecular complexity index is 536. The van der Waals surface area contributed by atoms with E-state index in [1.54, 1.807) is 12.4 Å². The summed E-state index contributed by atoms with van der Waals surface area (Å²) in [5.41, 5.74) is 9.70. The van der Waals surface area contributed by atoms with Gasteiger partial charge in [0.15, 0.2) is 0 Å². The molecule has 0 saturated carbocycles. The largest absolute Gasteiger partial charge is 0.319 e. The minimum Gasteiger partial charge on any atom is -0.319 e. The first-order valence-corrected chi connectivity index (χ1v) is 6.87. The molecule has 0 amide bonds. The lowest BCUT2D eigenvalue weighted by Crippen LogP contribution is -2.19. The second kappa shape index (κ2) is 5.63. The topological polar surface area (TPSA) is 56.7 Å². The van der Waals surface area contributed by atoms with Gasteiger partial charge >= 0.3 is 0 Å². The van der Waals surface area contributed by atoms with E-state index in [-0.39, 0.29) is 6.04 Å². The van der Waals surface area contributed by atoms with Gasteiger partial charge in [-0.05, 0) is 46.5 Å². The Balaban J connectivity index is 2.47. The quantitative estimate of drug-likeness (QED) is 0.944. The highest BCUT2D eigenvalue weighted by atomic mass is 79.9. The maximum Gasteiger partial charge on any atom is 0.0738 e. The van der Waals surface area contributed by atoms with Gasteiger partial charge in [0.2, 0.25) is 0 Å². The standard InChI is InChI=1S/C13H17BrN4/c1-3-9-7-16-6-5-10(9)12(15)13-11(14)8-17-18(13)4-2/h5-8,12H,3-4,15H2,1-2H3. The van der Waals surface area contributed by atoms with Crippen molar-refractivity contribution < 1.29 is 0 Å². The van der Waals surface area contributed by atoms with Gasteiger partial charge in [0, 0.05) is 18.9 Å². The summed E-state index contributed by atoms with van der Waals surface area (Å²) in [7, 11) is 0. The molecule has 1 unspecified atom stereocenters. The summed E-state index contributed by atoms with van der Waals surface area (Å²) in [6.45, 7) is 4.98. The number of hydrogen-bond acceptors (Lipinski definition) is 3. The maximum atomic E-state index is 6.40. The molecule has 0 aromatic carbocycles. The van der Waals surface area contributed by atoms with Crippen LogP contribution in [-0.2, 0) is 13.0 Å². The highest BCUT2D eigenvalue weighted by Crippen LogP contribution is 2.28. The van der Waals surface area contributed by atoms with Crippen LogP contribution < -0.4 is 5.73 Å². The van der Waals surface area contributed by atoms with E-state index in [4.69, 9.17) is 5.73 Å². The molecule has 0 saturated heterocycles. The Kier molecular flexibility index (Phi) is 4.14. The fraction of sp³-hybridized carbons (Fsp3) is 0.385. The number of hydrogen-bond donors (Lipinski definition) is 1. The SMILES string of the molecule is CCc1cnccc1C(N)c1c(Br)cnn1CC. The van der Waals surface area contributed by atoms with E-state index in [1.165, 1.54) is 5.56 Å². The van der Waals surface area contributed by atoms with Crippen LogP contribution in [0.25, 0.3) is 0 Å². The molecule has 1 atom stereocenters. The number of rotatable bonds is 4. The molecule has 2 N–H and O–H groups in total. The average molecular weight is 309 g/mol. The fourth-order valence-corrected chi connectivity index (χ4v) is 2.66. The summed E-state index contributed by atoms with van der Waals surface area (Å²) in [6, 6.07) is 1.81. The van der Waals surface area contributed by atoms with E-state index < -0.39 is 0 Å². The van der Waals surface area contributed by atoms with E-state index in [1.807, 2.05) is 16.9 Å². The summed E-state index contributed by atoms with van der Waals surface area (Å²) in [4.78, 5) is 4.16. The van der Waals surface area contributed by atoms with Crippen LogP contribution in [0.15, 0.2) is 29.1 Å². The van der Waals surface area contributed by atoms with Gasteiger partial charge in [0.1, 0.15) is 0 Å². The van der Waals surface area contributed by atoms with Gasteiger partial charge in [-0.3, -0.25) is 9.67 Å². The van der Waals surface area contributed by atoms with E-state index >= 15 is 0 Å². The van der Waals surface area contributed by atoms with E-state index in [9.17, 15) is 0 Å². The Morgan fingerprint density at radius 1 is 1.39 bits per heavy atom. The number of pyridine rings is 1. The summed E-state index contributed by atoms with van der Waals surface area (Å²) in [5.74, 6) is 0. The second-order valence-corrected chi connectivity index (χ2v) is 4.95. The van der Waals surface area contributed by atoms with Crippen molar-refractivity contribution in [3.63, 3.8) is 0 Å². The lowest BCUT2D eigenvalue weighted by molar-refractivity contribution is 0.598. The monoisotopic (exact) mass is 308 g/mol. The predicted molar refractivity (Wildman–Crippen MR) is 75.2 cm³/mol. The Morgan fingerprint density at radius 2 is 2.17 bits per heavy atom. The minimum atomic E-state index is -0.181. The number of aryl methyl sites for hydroxylation is 2. The van der Waals surface area contributed by atoms with Crippen LogP contribution in [0.5, 0.6) is 0 Å². The summed E-state index contributed by atoms with van der Waals surface area (Å²) in [6.07, 6.45) is 6.39. The number of aromatic nitrogens is 3. The first-order valence-electron chi connectivity index (χ1n) is 6.08. The van der Waals surface area contributed by atoms with Gasteiger partial charge in [-0.25, -0.2) is 0 Å². The first-order chi connectivity index (χ1) is 8.69. The van der Waals surface area contributed by atoms with Crippen LogP contribution in [0.1, 0.15) is 36.7 Å². The fourth-order valence-electron chi connectivity index (χ4n) is 2.12. The van der Waals surface area contributed by atoms with E-state index in [0.717, 1.165) is 28.7 Å². The van der Waals surface area contributed by atoms with Crippen LogP contribution in [0.2, 0.25) is 0 Å². The van der Waals surface area contributed by atoms with Gasteiger partial charge in [-0.15, -0.1) is 0 Å². The molecule has 0 aliphatic heterocycles. The third-order valence-electron chi connectivity index (χ3n) is 3.08. The molecule has 0 radical (unpaired) electrons. The molecule has 2 aromatic rings. The van der Waals surface area contributed by atoms with Crippen molar-refractivity contribution >= 4 is 15.9 Å². The summed E-state index contributed by atoms with van der Waals surface area (Å²) >= 11 is 3.52. The van der Waals surface area contributed by atoms with E-state index in [2.05, 4.69) is 39.9 Å². The van der Waals surface area contributed by atoms with Crippen molar-refractivity contribution in [1.29, 1.82) is 0 Å². The number of nitrogens with two attached hydrogens (primary N) is 1. The molecule has 5 heteroatoms. The molecule has 18 heavy (non-hydrogen) atoms. The third kappa shape index (κ3) is 2.33. The zero-order valence-corrected chi connectivity index (χ0v) is 12.2. The van der Waals surface area contributed by atoms with Crippen molar-refractivity contribution in [3.8, 4) is 0 Å². The number of nitrogens with zero attached hydrogens (tertiary/aromatic N) is 3. The molecule has 2 aromatic heterocycles. The lowest BCUT2D eigenvalue weighted by atomic mass is 9.99. The molecule has 96 valence electrons. The van der Waals surface area contributed by atoms with Crippen molar-refractivity contribution in [3.05, 3.63) is 46.0 Å². The van der Waals surface area contributed by atoms with E-state index in [0.29, 0.717) is 0 Å². The van der Waals surface area contributed by atoms with Crippen molar-refractivity contribution in [2.24, 2.45) is 5.73 Å². The molecular weight excluding hydrogens is 292 g/mol. The molecule has 0 fully saturated rings. The van der Waals surface area contributed by atoms with Gasteiger partial charge in [0.25, 0.3) is 0 Å². The summed E-state index contributed by atoms with van der Waals surface area (Å²) in [5, 5.41) is 4.31. The molecule has 2 heterocycles. The van der Waals surface area contributed by atoms with Crippen LogP contribution in [0.4, 0.5) is 0 Å². The Morgan fingerprint density at radius 3 is 2.83 bits per heavy atom. The van der Waals surface area contributed by atoms with Crippen LogP contribution in [-0.4, -0.2) is 14.8 Å². The Labute approximate surface area is 115 Å². The maximum absolute atomic E-state index is 6.40. The molecule has 0 aliphatic carbocycles. The van der Waals surface area contributed by atoms with Crippen LogP contribution in [0, 0.1) is 0 Å². The Hall–Kier alpha value is -1.20. The van der Waals surface area contributed by atoms with Crippen molar-refractivity contribution in [2.45, 2.75) is 32.9 Å². The smallest absolute Gasteiger partial charge is 0.0738 e. The van der Waals surface area contributed by atoms with Gasteiger partial charge in [-0.2, -0.15) is 5.10 Å². The highest BCUT2D eigenvalue weighted by molar-refractivity contribution is 9.10. The highest BCUT2D eigenvalue weighted by Gasteiger charge is 2.19. The number of halogens is 1. The molecular formula is C13H17BrN4. The first kappa shape index (κ1) is 13.2. The zero-order valence-electron chi connectivity index (χ0n) is 10.6. The molecule has 0 aliphatic rings. The molecule has 0 spiro atoms. The predicted octanol–water partition coefficient (Wildman–Crippen LogP) is 2.67. The van der Waals surface area contributed by atoms with Gasteiger partial charge in [0.05, 0.1) is 22.4 Å². The van der Waals surface area contributed by atoms with Crippen molar-refractivity contribution in [2.75, 3.05) is 0 Å². The van der Waals surface area contributed by atoms with Gasteiger partial charge < -0.3 is 5.73 Å². The molecule has 0 bridgehead atoms. The van der Waals surface area contributed by atoms with Crippen LogP contribution >= 0.6 is 15.9 Å². The van der Waals surface area contributed by atoms with Crippen molar-refractivity contribution in [1.82, 2.24) is 14.8 Å². The normalized spacial score (nSPS) is 12.7. The average Bonchev–Trinajstić information content (AvgIpc) is 2.79. The molecule has 4 nitrogen and oxygen atoms in total. The van der Waals surface area contributed by atoms with Gasteiger partial charge in [-0.1, -0.05) is 6.92 Å².